The van der Waals surface area contributed by atoms with Crippen molar-refractivity contribution in [1.29, 1.82) is 0 Å². The van der Waals surface area contributed by atoms with E-state index in [1.807, 2.05) is 0 Å². The number of fused-ring (bicyclic) bond motifs is 1. The van der Waals surface area contributed by atoms with E-state index < -0.39 is 23.5 Å². The predicted octanol–water partition coefficient (Wildman–Crippen LogP) is 1.80. The molecule has 0 aliphatic heterocycles. The number of hydrogen-bond acceptors (Lipinski definition) is 4. The zero-order valence-electron chi connectivity index (χ0n) is 8.91. The summed E-state index contributed by atoms with van der Waals surface area (Å²) in [6, 6.07) is 1.74. The summed E-state index contributed by atoms with van der Waals surface area (Å²) in [4.78, 5) is 11.5. The molecule has 1 aliphatic rings. The number of carbonyl (C=O) groups excluding carboxylic acids is 1. The van der Waals surface area contributed by atoms with Gasteiger partial charge in [-0.1, -0.05) is 5.16 Å². The molecule has 0 saturated heterocycles. The molecule has 1 atom stereocenters. The second-order valence-electron chi connectivity index (χ2n) is 3.68. The van der Waals surface area contributed by atoms with Gasteiger partial charge in [0.05, 0.1) is 18.7 Å². The first-order valence-corrected chi connectivity index (χ1v) is 4.86. The molecule has 1 aromatic rings. The van der Waals surface area contributed by atoms with Gasteiger partial charge in [-0.05, 0) is 11.6 Å². The fourth-order valence-corrected chi connectivity index (χ4v) is 2.02. The lowest BCUT2D eigenvalue weighted by Gasteiger charge is -2.08. The minimum Gasteiger partial charge on any atom is -0.469 e. The third-order valence-electron chi connectivity index (χ3n) is 2.75. The van der Waals surface area contributed by atoms with E-state index in [-0.39, 0.29) is 23.3 Å². The van der Waals surface area contributed by atoms with Crippen LogP contribution in [-0.2, 0) is 9.53 Å². The molecular weight excluding hydrogens is 232 g/mol. The van der Waals surface area contributed by atoms with Crippen LogP contribution in [0.25, 0.3) is 0 Å². The average Bonchev–Trinajstić information content (AvgIpc) is 2.66. The standard InChI is InChI=1S/C11H9F2NO3/c1-17-11(15)7-4-9(14-16)10-6(7)2-5(12)3-8(10)13/h2-3,7,16H,4H2,1H3/b14-9+. The summed E-state index contributed by atoms with van der Waals surface area (Å²) in [5.74, 6) is -3.07. The van der Waals surface area contributed by atoms with E-state index in [4.69, 9.17) is 5.21 Å². The molecule has 4 nitrogen and oxygen atoms in total. The Kier molecular flexibility index (Phi) is 2.79. The van der Waals surface area contributed by atoms with Crippen LogP contribution in [0.5, 0.6) is 0 Å². The van der Waals surface area contributed by atoms with Crippen LogP contribution >= 0.6 is 0 Å². The number of ether oxygens (including phenoxy) is 1. The molecule has 1 aromatic carbocycles. The molecule has 90 valence electrons. The van der Waals surface area contributed by atoms with Gasteiger partial charge in [0.15, 0.2) is 0 Å². The maximum absolute atomic E-state index is 13.5. The predicted molar refractivity (Wildman–Crippen MR) is 54.1 cm³/mol. The number of halogens is 2. The maximum atomic E-state index is 13.5. The number of methoxy groups -OCH3 is 1. The summed E-state index contributed by atoms with van der Waals surface area (Å²) in [5, 5.41) is 11.7. The SMILES string of the molecule is COC(=O)C1C/C(=N\O)c2c(F)cc(F)cc21. The Hall–Kier alpha value is -1.98. The quantitative estimate of drug-likeness (QED) is 0.463. The van der Waals surface area contributed by atoms with Crippen molar-refractivity contribution in [2.75, 3.05) is 7.11 Å². The van der Waals surface area contributed by atoms with Crippen LogP contribution in [0.4, 0.5) is 8.78 Å². The van der Waals surface area contributed by atoms with E-state index in [2.05, 4.69) is 9.89 Å². The summed E-state index contributed by atoms with van der Waals surface area (Å²) in [6.07, 6.45) is -0.00111. The van der Waals surface area contributed by atoms with Gasteiger partial charge >= 0.3 is 5.97 Å². The van der Waals surface area contributed by atoms with Crippen LogP contribution in [0, 0.1) is 11.6 Å². The Morgan fingerprint density at radius 2 is 2.24 bits per heavy atom. The second kappa shape index (κ2) is 4.12. The number of oxime groups is 1. The van der Waals surface area contributed by atoms with E-state index in [1.54, 1.807) is 0 Å². The topological polar surface area (TPSA) is 58.9 Å². The molecule has 0 aromatic heterocycles. The molecule has 0 fully saturated rings. The minimum atomic E-state index is -0.848. The summed E-state index contributed by atoms with van der Waals surface area (Å²) < 4.78 is 31.2. The van der Waals surface area contributed by atoms with E-state index in [0.717, 1.165) is 6.07 Å². The lowest BCUT2D eigenvalue weighted by atomic mass is 10.0. The van der Waals surface area contributed by atoms with Crippen LogP contribution in [-0.4, -0.2) is 24.0 Å². The van der Waals surface area contributed by atoms with Gasteiger partial charge < -0.3 is 9.94 Å². The zero-order chi connectivity index (χ0) is 12.6. The van der Waals surface area contributed by atoms with Crippen LogP contribution in [0.3, 0.4) is 0 Å². The van der Waals surface area contributed by atoms with Crippen molar-refractivity contribution in [2.24, 2.45) is 5.16 Å². The van der Waals surface area contributed by atoms with Crippen molar-refractivity contribution in [3.63, 3.8) is 0 Å². The van der Waals surface area contributed by atoms with E-state index in [9.17, 15) is 13.6 Å². The van der Waals surface area contributed by atoms with Crippen molar-refractivity contribution in [2.45, 2.75) is 12.3 Å². The normalized spacial score (nSPS) is 20.4. The number of rotatable bonds is 1. The highest BCUT2D eigenvalue weighted by Crippen LogP contribution is 2.36. The maximum Gasteiger partial charge on any atom is 0.313 e. The monoisotopic (exact) mass is 241 g/mol. The van der Waals surface area contributed by atoms with Gasteiger partial charge in [-0.3, -0.25) is 4.79 Å². The number of carbonyl (C=O) groups is 1. The first-order chi connectivity index (χ1) is 8.08. The minimum absolute atomic E-state index is 0.00111. The molecule has 1 aliphatic carbocycles. The number of benzene rings is 1. The molecule has 0 spiro atoms. The summed E-state index contributed by atoms with van der Waals surface area (Å²) in [6.45, 7) is 0. The third kappa shape index (κ3) is 1.75. The Morgan fingerprint density at radius 3 is 2.82 bits per heavy atom. The van der Waals surface area contributed by atoms with E-state index >= 15 is 0 Å². The van der Waals surface area contributed by atoms with E-state index in [1.165, 1.54) is 7.11 Å². The summed E-state index contributed by atoms with van der Waals surface area (Å²) in [5.41, 5.74) is 0.152. The first-order valence-electron chi connectivity index (χ1n) is 4.86. The Balaban J connectivity index is 2.60. The molecule has 2 rings (SSSR count). The lowest BCUT2D eigenvalue weighted by molar-refractivity contribution is -0.142. The molecule has 0 heterocycles. The van der Waals surface area contributed by atoms with Crippen LogP contribution < -0.4 is 0 Å². The fourth-order valence-electron chi connectivity index (χ4n) is 2.02. The van der Waals surface area contributed by atoms with Gasteiger partial charge in [-0.2, -0.15) is 0 Å². The van der Waals surface area contributed by atoms with Crippen molar-refractivity contribution >= 4 is 11.7 Å². The molecule has 0 saturated carbocycles. The van der Waals surface area contributed by atoms with Gasteiger partial charge in [-0.25, -0.2) is 8.78 Å². The third-order valence-corrected chi connectivity index (χ3v) is 2.75. The smallest absolute Gasteiger partial charge is 0.313 e. The Labute approximate surface area is 95.5 Å². The first kappa shape index (κ1) is 11.5. The number of nitrogens with zero attached hydrogens (tertiary/aromatic N) is 1. The molecule has 6 heteroatoms. The van der Waals surface area contributed by atoms with Gasteiger partial charge in [-0.15, -0.1) is 0 Å². The average molecular weight is 241 g/mol. The fraction of sp³-hybridized carbons (Fsp3) is 0.273. The van der Waals surface area contributed by atoms with Gasteiger partial charge in [0.1, 0.15) is 11.6 Å². The van der Waals surface area contributed by atoms with Gasteiger partial charge in [0.2, 0.25) is 0 Å². The highest BCUT2D eigenvalue weighted by Gasteiger charge is 2.36. The highest BCUT2D eigenvalue weighted by molar-refractivity contribution is 6.09. The van der Waals surface area contributed by atoms with Crippen molar-refractivity contribution in [3.05, 3.63) is 34.9 Å². The molecule has 0 amide bonds. The summed E-state index contributed by atoms with van der Waals surface area (Å²) in [7, 11) is 1.19. The highest BCUT2D eigenvalue weighted by atomic mass is 19.1. The molecule has 0 radical (unpaired) electrons. The number of esters is 1. The van der Waals surface area contributed by atoms with Crippen LogP contribution in [0.1, 0.15) is 23.5 Å². The lowest BCUT2D eigenvalue weighted by Crippen LogP contribution is -2.12. The molecular formula is C11H9F2NO3. The molecule has 1 unspecified atom stereocenters. The van der Waals surface area contributed by atoms with Gasteiger partial charge in [0, 0.05) is 18.1 Å². The Morgan fingerprint density at radius 1 is 1.53 bits per heavy atom. The largest absolute Gasteiger partial charge is 0.469 e. The van der Waals surface area contributed by atoms with Crippen molar-refractivity contribution in [1.82, 2.24) is 0 Å². The zero-order valence-corrected chi connectivity index (χ0v) is 8.91. The molecule has 1 N–H and O–H groups in total. The van der Waals surface area contributed by atoms with Crippen molar-refractivity contribution < 1.29 is 23.5 Å². The van der Waals surface area contributed by atoms with Gasteiger partial charge in [0.25, 0.3) is 0 Å². The Bertz CT molecular complexity index is 514. The van der Waals surface area contributed by atoms with Crippen molar-refractivity contribution in [3.8, 4) is 0 Å². The van der Waals surface area contributed by atoms with E-state index in [0.29, 0.717) is 6.07 Å². The van der Waals surface area contributed by atoms with Crippen LogP contribution in [0.2, 0.25) is 0 Å². The summed E-state index contributed by atoms with van der Waals surface area (Å²) >= 11 is 0. The molecule has 0 bridgehead atoms. The second-order valence-corrected chi connectivity index (χ2v) is 3.68. The molecule has 17 heavy (non-hydrogen) atoms. The number of hydrogen-bond donors (Lipinski definition) is 1. The van der Waals surface area contributed by atoms with Crippen LogP contribution in [0.15, 0.2) is 17.3 Å².